The second kappa shape index (κ2) is 7.10. The molecule has 4 N–H and O–H groups in total. The predicted octanol–water partition coefficient (Wildman–Crippen LogP) is 0.540. The predicted molar refractivity (Wildman–Crippen MR) is 80.3 cm³/mol. The van der Waals surface area contributed by atoms with E-state index in [0.717, 1.165) is 0 Å². The van der Waals surface area contributed by atoms with Gasteiger partial charge in [-0.25, -0.2) is 0 Å². The van der Waals surface area contributed by atoms with Crippen molar-refractivity contribution in [1.29, 1.82) is 0 Å². The second-order valence-electron chi connectivity index (χ2n) is 5.35. The first-order valence-electron chi connectivity index (χ1n) is 7.09. The number of hydrogen-bond donors (Lipinski definition) is 4. The maximum atomic E-state index is 11.2. The molecular formula is C15H18N2O6. The van der Waals surface area contributed by atoms with Crippen LogP contribution in [0, 0.1) is 5.92 Å². The van der Waals surface area contributed by atoms with E-state index in [1.54, 1.807) is 24.3 Å². The van der Waals surface area contributed by atoms with Gasteiger partial charge in [0.15, 0.2) is 0 Å². The van der Waals surface area contributed by atoms with Gasteiger partial charge in [-0.15, -0.1) is 0 Å². The van der Waals surface area contributed by atoms with Gasteiger partial charge in [0.1, 0.15) is 17.9 Å². The van der Waals surface area contributed by atoms with Gasteiger partial charge in [0, 0.05) is 25.1 Å². The van der Waals surface area contributed by atoms with Crippen LogP contribution in [-0.2, 0) is 14.4 Å². The number of carbonyl (C=O) groups excluding carboxylic acids is 1. The molecule has 0 bridgehead atoms. The molecule has 1 saturated heterocycles. The summed E-state index contributed by atoms with van der Waals surface area (Å²) in [6.45, 7) is 1.65. The Balaban J connectivity index is 2.06. The van der Waals surface area contributed by atoms with Crippen LogP contribution in [0.4, 0.5) is 5.69 Å². The number of benzene rings is 1. The van der Waals surface area contributed by atoms with E-state index in [-0.39, 0.29) is 18.9 Å². The Labute approximate surface area is 132 Å². The van der Waals surface area contributed by atoms with Crippen LogP contribution >= 0.6 is 0 Å². The molecule has 3 atom stereocenters. The Bertz CT molecular complexity index is 600. The van der Waals surface area contributed by atoms with Crippen LogP contribution in [0.5, 0.6) is 5.75 Å². The molecule has 0 aliphatic carbocycles. The highest BCUT2D eigenvalue weighted by atomic mass is 16.5. The summed E-state index contributed by atoms with van der Waals surface area (Å²) in [5.41, 5.74) is 0.611. The topological polar surface area (TPSA) is 125 Å². The Morgan fingerprint density at radius 1 is 1.26 bits per heavy atom. The van der Waals surface area contributed by atoms with E-state index in [9.17, 15) is 14.4 Å². The number of ether oxygens (including phenoxy) is 1. The summed E-state index contributed by atoms with van der Waals surface area (Å²) < 4.78 is 5.73. The lowest BCUT2D eigenvalue weighted by Crippen LogP contribution is -2.38. The van der Waals surface area contributed by atoms with E-state index in [2.05, 4.69) is 10.6 Å². The quantitative estimate of drug-likeness (QED) is 0.602. The van der Waals surface area contributed by atoms with Gasteiger partial charge in [-0.1, -0.05) is 0 Å². The van der Waals surface area contributed by atoms with E-state index >= 15 is 0 Å². The van der Waals surface area contributed by atoms with E-state index in [1.165, 1.54) is 6.92 Å². The molecule has 124 valence electrons. The van der Waals surface area contributed by atoms with Crippen LogP contribution < -0.4 is 15.4 Å². The van der Waals surface area contributed by atoms with Crippen molar-refractivity contribution in [2.24, 2.45) is 5.92 Å². The van der Waals surface area contributed by atoms with E-state index in [0.29, 0.717) is 11.4 Å². The van der Waals surface area contributed by atoms with Crippen LogP contribution in [0.1, 0.15) is 13.3 Å². The van der Waals surface area contributed by atoms with E-state index in [4.69, 9.17) is 14.9 Å². The number of aliphatic carboxylic acids is 2. The molecule has 0 saturated carbocycles. The normalized spacial score (nSPS) is 23.3. The van der Waals surface area contributed by atoms with Crippen molar-refractivity contribution in [3.8, 4) is 5.75 Å². The first kappa shape index (κ1) is 16.8. The molecule has 1 aliphatic heterocycles. The molecule has 1 aliphatic rings. The van der Waals surface area contributed by atoms with Crippen molar-refractivity contribution in [2.45, 2.75) is 25.5 Å². The second-order valence-corrected chi connectivity index (χ2v) is 5.35. The number of anilines is 1. The first-order valence-corrected chi connectivity index (χ1v) is 7.09. The molecule has 0 radical (unpaired) electrons. The minimum absolute atomic E-state index is 0.190. The lowest BCUT2D eigenvalue weighted by Gasteiger charge is -2.21. The number of hydrogen-bond acceptors (Lipinski definition) is 5. The number of amides is 1. The number of carbonyl (C=O) groups is 3. The van der Waals surface area contributed by atoms with Gasteiger partial charge in [0.05, 0.1) is 6.42 Å². The lowest BCUT2D eigenvalue weighted by atomic mass is 9.94. The lowest BCUT2D eigenvalue weighted by molar-refractivity contribution is -0.142. The summed E-state index contributed by atoms with van der Waals surface area (Å²) in [7, 11) is 0. The minimum atomic E-state index is -1.09. The third kappa shape index (κ3) is 4.43. The monoisotopic (exact) mass is 322 g/mol. The molecule has 23 heavy (non-hydrogen) atoms. The van der Waals surface area contributed by atoms with Gasteiger partial charge >= 0.3 is 11.9 Å². The fourth-order valence-corrected chi connectivity index (χ4v) is 2.61. The number of rotatable bonds is 6. The average molecular weight is 322 g/mol. The largest absolute Gasteiger partial charge is 0.489 e. The van der Waals surface area contributed by atoms with Crippen molar-refractivity contribution in [2.75, 3.05) is 11.9 Å². The molecule has 2 rings (SSSR count). The van der Waals surface area contributed by atoms with Crippen molar-refractivity contribution >= 4 is 23.5 Å². The fraction of sp³-hybridized carbons (Fsp3) is 0.400. The van der Waals surface area contributed by atoms with Crippen molar-refractivity contribution in [3.05, 3.63) is 24.3 Å². The highest BCUT2D eigenvalue weighted by Gasteiger charge is 2.42. The summed E-state index contributed by atoms with van der Waals surface area (Å²) in [5.74, 6) is -2.54. The smallest absolute Gasteiger partial charge is 0.321 e. The fourth-order valence-electron chi connectivity index (χ4n) is 2.61. The zero-order valence-electron chi connectivity index (χ0n) is 12.5. The van der Waals surface area contributed by atoms with Gasteiger partial charge in [-0.2, -0.15) is 0 Å². The average Bonchev–Trinajstić information content (AvgIpc) is 2.83. The summed E-state index contributed by atoms with van der Waals surface area (Å²) in [5, 5.41) is 23.5. The molecule has 0 unspecified atom stereocenters. The zero-order valence-corrected chi connectivity index (χ0v) is 12.5. The van der Waals surface area contributed by atoms with Gasteiger partial charge in [-0.3, -0.25) is 14.4 Å². The third-order valence-electron chi connectivity index (χ3n) is 3.58. The molecule has 1 aromatic carbocycles. The molecular weight excluding hydrogens is 304 g/mol. The molecule has 0 spiro atoms. The highest BCUT2D eigenvalue weighted by Crippen LogP contribution is 2.26. The van der Waals surface area contributed by atoms with Crippen LogP contribution in [0.3, 0.4) is 0 Å². The van der Waals surface area contributed by atoms with Crippen molar-refractivity contribution in [1.82, 2.24) is 5.32 Å². The Morgan fingerprint density at radius 3 is 2.43 bits per heavy atom. The third-order valence-corrected chi connectivity index (χ3v) is 3.58. The Hall–Kier alpha value is -2.61. The first-order chi connectivity index (χ1) is 10.9. The Kier molecular flexibility index (Phi) is 5.17. The molecule has 1 fully saturated rings. The summed E-state index contributed by atoms with van der Waals surface area (Å²) in [4.78, 5) is 33.1. The standard InChI is InChI=1S/C15H18N2O6/c1-8(18)17-9-2-4-10(5-3-9)23-12-7-16-14(15(21)22)11(12)6-13(19)20/h2-5,11-12,14,16H,6-7H2,1H3,(H,17,18)(H,19,20)(H,21,22)/t11-,12+,14-/m0/s1. The highest BCUT2D eigenvalue weighted by molar-refractivity contribution is 5.88. The van der Waals surface area contributed by atoms with Gasteiger partial charge in [-0.05, 0) is 24.3 Å². The molecule has 1 aromatic rings. The summed E-state index contributed by atoms with van der Waals surface area (Å²) in [6, 6.07) is 5.63. The molecule has 1 heterocycles. The SMILES string of the molecule is CC(=O)Nc1ccc(O[C@@H]2CN[C@H](C(=O)O)[C@H]2CC(=O)O)cc1. The molecule has 0 aromatic heterocycles. The van der Waals surface area contributed by atoms with Crippen LogP contribution in [0.15, 0.2) is 24.3 Å². The molecule has 8 heteroatoms. The van der Waals surface area contributed by atoms with E-state index < -0.39 is 30.0 Å². The van der Waals surface area contributed by atoms with Crippen LogP contribution in [-0.4, -0.2) is 46.7 Å². The zero-order chi connectivity index (χ0) is 17.0. The molecule has 8 nitrogen and oxygen atoms in total. The summed E-state index contributed by atoms with van der Waals surface area (Å²) in [6.07, 6.45) is -0.850. The molecule has 1 amide bonds. The number of nitrogens with one attached hydrogen (secondary N) is 2. The van der Waals surface area contributed by atoms with Gasteiger partial charge in [0.25, 0.3) is 0 Å². The van der Waals surface area contributed by atoms with Crippen molar-refractivity contribution in [3.63, 3.8) is 0 Å². The van der Waals surface area contributed by atoms with E-state index in [1.807, 2.05) is 0 Å². The van der Waals surface area contributed by atoms with Crippen LogP contribution in [0.2, 0.25) is 0 Å². The number of carboxylic acids is 2. The van der Waals surface area contributed by atoms with Gasteiger partial charge < -0.3 is 25.6 Å². The Morgan fingerprint density at radius 2 is 1.91 bits per heavy atom. The number of carboxylic acid groups (broad SMARTS) is 2. The maximum Gasteiger partial charge on any atom is 0.321 e. The van der Waals surface area contributed by atoms with Gasteiger partial charge in [0.2, 0.25) is 5.91 Å². The van der Waals surface area contributed by atoms with Crippen LogP contribution in [0.25, 0.3) is 0 Å². The van der Waals surface area contributed by atoms with Crippen molar-refractivity contribution < 1.29 is 29.3 Å². The summed E-state index contributed by atoms with van der Waals surface area (Å²) >= 11 is 0. The minimum Gasteiger partial charge on any atom is -0.489 e. The maximum absolute atomic E-state index is 11.2.